The van der Waals surface area contributed by atoms with Gasteiger partial charge in [-0.1, -0.05) is 0 Å². The number of nitrogens with zero attached hydrogens (tertiary/aromatic N) is 2. The Morgan fingerprint density at radius 3 is 2.16 bits per heavy atom. The van der Waals surface area contributed by atoms with Crippen LogP contribution in [0.4, 0.5) is 0 Å². The van der Waals surface area contributed by atoms with Gasteiger partial charge in [0.1, 0.15) is 0 Å². The first-order chi connectivity index (χ1) is 11.9. The summed E-state index contributed by atoms with van der Waals surface area (Å²) in [6.07, 6.45) is -0.0117. The number of carbonyl (C=O) groups is 1. The number of carbonyl (C=O) groups excluding carboxylic acids is 1. The fraction of sp³-hybridized carbons (Fsp3) is 0.588. The Kier molecular flexibility index (Phi) is 5.43. The molecule has 138 valence electrons. The number of hydrogen-bond acceptors (Lipinski definition) is 5. The van der Waals surface area contributed by atoms with E-state index < -0.39 is 10.0 Å². The molecule has 25 heavy (non-hydrogen) atoms. The van der Waals surface area contributed by atoms with Crippen LogP contribution >= 0.6 is 0 Å². The zero-order valence-electron chi connectivity index (χ0n) is 14.6. The highest BCUT2D eigenvalue weighted by Crippen LogP contribution is 2.19. The number of amides is 1. The first-order valence-electron chi connectivity index (χ1n) is 8.50. The molecule has 2 fully saturated rings. The third-order valence-electron chi connectivity index (χ3n) is 4.42. The van der Waals surface area contributed by atoms with Gasteiger partial charge in [0.25, 0.3) is 5.91 Å². The normalized spacial score (nSPS) is 25.8. The molecule has 1 aromatic carbocycles. The summed E-state index contributed by atoms with van der Waals surface area (Å²) in [6, 6.07) is 6.18. The number of hydrogen-bond donors (Lipinski definition) is 0. The maximum Gasteiger partial charge on any atom is 0.254 e. The van der Waals surface area contributed by atoms with Crippen LogP contribution in [0.3, 0.4) is 0 Å². The lowest BCUT2D eigenvalue weighted by Crippen LogP contribution is -2.48. The minimum atomic E-state index is -3.54. The number of rotatable bonds is 3. The summed E-state index contributed by atoms with van der Waals surface area (Å²) in [5.41, 5.74) is 0.488. The summed E-state index contributed by atoms with van der Waals surface area (Å²) in [7, 11) is -3.54. The second kappa shape index (κ2) is 7.41. The smallest absolute Gasteiger partial charge is 0.254 e. The van der Waals surface area contributed by atoms with Crippen LogP contribution in [-0.2, 0) is 19.5 Å². The maximum absolute atomic E-state index is 12.6. The van der Waals surface area contributed by atoms with Crippen molar-refractivity contribution in [2.45, 2.75) is 31.0 Å². The molecule has 1 amide bonds. The highest BCUT2D eigenvalue weighted by Gasteiger charge is 2.28. The summed E-state index contributed by atoms with van der Waals surface area (Å²) in [4.78, 5) is 14.6. The average Bonchev–Trinajstić information content (AvgIpc) is 2.61. The van der Waals surface area contributed by atoms with Gasteiger partial charge in [0.05, 0.1) is 30.3 Å². The predicted octanol–water partition coefficient (Wildman–Crippen LogP) is 0.957. The van der Waals surface area contributed by atoms with E-state index in [1.807, 2.05) is 13.8 Å². The average molecular weight is 368 g/mol. The van der Waals surface area contributed by atoms with Crippen LogP contribution in [0, 0.1) is 0 Å². The van der Waals surface area contributed by atoms with Crippen molar-refractivity contribution >= 4 is 15.9 Å². The number of sulfonamides is 1. The van der Waals surface area contributed by atoms with Crippen molar-refractivity contribution in [1.82, 2.24) is 9.21 Å². The third-order valence-corrected chi connectivity index (χ3v) is 6.33. The highest BCUT2D eigenvalue weighted by molar-refractivity contribution is 7.89. The van der Waals surface area contributed by atoms with E-state index in [4.69, 9.17) is 9.47 Å². The van der Waals surface area contributed by atoms with E-state index in [0.29, 0.717) is 45.0 Å². The summed E-state index contributed by atoms with van der Waals surface area (Å²) in [6.45, 7) is 6.47. The van der Waals surface area contributed by atoms with E-state index >= 15 is 0 Å². The zero-order valence-corrected chi connectivity index (χ0v) is 15.4. The first-order valence-corrected chi connectivity index (χ1v) is 9.94. The molecule has 8 heteroatoms. The maximum atomic E-state index is 12.6. The van der Waals surface area contributed by atoms with E-state index in [1.54, 1.807) is 17.0 Å². The van der Waals surface area contributed by atoms with Crippen LogP contribution in [0.1, 0.15) is 24.2 Å². The Morgan fingerprint density at radius 1 is 1.04 bits per heavy atom. The van der Waals surface area contributed by atoms with Gasteiger partial charge in [-0.3, -0.25) is 4.79 Å². The molecule has 0 aromatic heterocycles. The minimum absolute atomic E-state index is 0.00586. The fourth-order valence-electron chi connectivity index (χ4n) is 3.23. The summed E-state index contributed by atoms with van der Waals surface area (Å²) in [5, 5.41) is 0. The molecule has 0 N–H and O–H groups in total. The molecule has 2 atom stereocenters. The zero-order chi connectivity index (χ0) is 18.0. The topological polar surface area (TPSA) is 76.2 Å². The minimum Gasteiger partial charge on any atom is -0.379 e. The SMILES string of the molecule is C[C@@H]1CN(C(=O)c2ccc(S(=O)(=O)N3CCOCC3)cc2)C[C@@H](C)O1. The van der Waals surface area contributed by atoms with Crippen molar-refractivity contribution in [3.05, 3.63) is 29.8 Å². The fourth-order valence-corrected chi connectivity index (χ4v) is 4.64. The van der Waals surface area contributed by atoms with E-state index in [9.17, 15) is 13.2 Å². The molecule has 0 saturated carbocycles. The Morgan fingerprint density at radius 2 is 1.60 bits per heavy atom. The van der Waals surface area contributed by atoms with Crippen molar-refractivity contribution in [2.24, 2.45) is 0 Å². The van der Waals surface area contributed by atoms with Gasteiger partial charge in [0.15, 0.2) is 0 Å². The number of morpholine rings is 2. The highest BCUT2D eigenvalue weighted by atomic mass is 32.2. The van der Waals surface area contributed by atoms with Crippen LogP contribution in [0.2, 0.25) is 0 Å². The van der Waals surface area contributed by atoms with E-state index in [0.717, 1.165) is 0 Å². The Labute approximate surface area is 148 Å². The van der Waals surface area contributed by atoms with Crippen molar-refractivity contribution < 1.29 is 22.7 Å². The molecule has 1 aromatic rings. The molecule has 2 heterocycles. The molecule has 2 saturated heterocycles. The van der Waals surface area contributed by atoms with E-state index in [1.165, 1.54) is 16.4 Å². The molecule has 0 bridgehead atoms. The van der Waals surface area contributed by atoms with Gasteiger partial charge in [-0.25, -0.2) is 8.42 Å². The van der Waals surface area contributed by atoms with Crippen LogP contribution in [0.5, 0.6) is 0 Å². The lowest BCUT2D eigenvalue weighted by atomic mass is 10.1. The summed E-state index contributed by atoms with van der Waals surface area (Å²) < 4.78 is 37.5. The van der Waals surface area contributed by atoms with Crippen molar-refractivity contribution in [3.63, 3.8) is 0 Å². The molecule has 7 nitrogen and oxygen atoms in total. The lowest BCUT2D eigenvalue weighted by Gasteiger charge is -2.35. The van der Waals surface area contributed by atoms with Crippen molar-refractivity contribution in [2.75, 3.05) is 39.4 Å². The largest absolute Gasteiger partial charge is 0.379 e. The Balaban J connectivity index is 1.74. The van der Waals surface area contributed by atoms with E-state index in [2.05, 4.69) is 0 Å². The monoisotopic (exact) mass is 368 g/mol. The molecule has 0 radical (unpaired) electrons. The summed E-state index contributed by atoms with van der Waals surface area (Å²) in [5.74, 6) is -0.0997. The lowest BCUT2D eigenvalue weighted by molar-refractivity contribution is -0.0586. The molecular weight excluding hydrogens is 344 g/mol. The summed E-state index contributed by atoms with van der Waals surface area (Å²) >= 11 is 0. The molecular formula is C17H24N2O5S. The number of ether oxygens (including phenoxy) is 2. The van der Waals surface area contributed by atoms with Crippen molar-refractivity contribution in [3.8, 4) is 0 Å². The second-order valence-electron chi connectivity index (χ2n) is 6.51. The predicted molar refractivity (Wildman–Crippen MR) is 91.9 cm³/mol. The van der Waals surface area contributed by atoms with Gasteiger partial charge in [0, 0.05) is 31.7 Å². The van der Waals surface area contributed by atoms with Gasteiger partial charge in [0.2, 0.25) is 10.0 Å². The van der Waals surface area contributed by atoms with Gasteiger partial charge in [-0.05, 0) is 38.1 Å². The molecule has 2 aliphatic rings. The van der Waals surface area contributed by atoms with Crippen LogP contribution in [0.25, 0.3) is 0 Å². The first kappa shape index (κ1) is 18.3. The number of benzene rings is 1. The van der Waals surface area contributed by atoms with Gasteiger partial charge < -0.3 is 14.4 Å². The quantitative estimate of drug-likeness (QED) is 0.794. The van der Waals surface area contributed by atoms with Crippen LogP contribution in [0.15, 0.2) is 29.2 Å². The van der Waals surface area contributed by atoms with Crippen LogP contribution < -0.4 is 0 Å². The molecule has 2 aliphatic heterocycles. The van der Waals surface area contributed by atoms with Gasteiger partial charge in [-0.2, -0.15) is 4.31 Å². The van der Waals surface area contributed by atoms with E-state index in [-0.39, 0.29) is 23.0 Å². The standard InChI is InChI=1S/C17H24N2O5S/c1-13-11-18(12-14(2)24-13)17(20)15-3-5-16(6-4-15)25(21,22)19-7-9-23-10-8-19/h3-6,13-14H,7-12H2,1-2H3/t13-,14-/m1/s1. The molecule has 0 unspecified atom stereocenters. The molecule has 0 spiro atoms. The third kappa shape index (κ3) is 4.03. The van der Waals surface area contributed by atoms with Crippen LogP contribution in [-0.4, -0.2) is 75.1 Å². The van der Waals surface area contributed by atoms with Gasteiger partial charge in [-0.15, -0.1) is 0 Å². The van der Waals surface area contributed by atoms with Crippen molar-refractivity contribution in [1.29, 1.82) is 0 Å². The Bertz CT molecular complexity index is 703. The second-order valence-corrected chi connectivity index (χ2v) is 8.45. The Hall–Kier alpha value is -1.48. The molecule has 0 aliphatic carbocycles. The molecule has 3 rings (SSSR count). The van der Waals surface area contributed by atoms with Gasteiger partial charge >= 0.3 is 0 Å².